The lowest BCUT2D eigenvalue weighted by Gasteiger charge is -2.26. The molecular formula is C39H46N8O3. The van der Waals surface area contributed by atoms with Crippen LogP contribution in [0.2, 0.25) is 0 Å². The summed E-state index contributed by atoms with van der Waals surface area (Å²) >= 11 is 0. The van der Waals surface area contributed by atoms with Crippen molar-refractivity contribution in [3.8, 4) is 11.3 Å². The van der Waals surface area contributed by atoms with Gasteiger partial charge in [-0.25, -0.2) is 0 Å². The van der Waals surface area contributed by atoms with Crippen LogP contribution in [0.15, 0.2) is 73.1 Å². The van der Waals surface area contributed by atoms with Crippen LogP contribution in [0.3, 0.4) is 0 Å². The lowest BCUT2D eigenvalue weighted by molar-refractivity contribution is -0.162. The first-order valence-electron chi connectivity index (χ1n) is 17.6. The molecule has 7 rings (SSSR count). The fourth-order valence-electron chi connectivity index (χ4n) is 6.90. The molecule has 0 amide bonds. The summed E-state index contributed by atoms with van der Waals surface area (Å²) < 4.78 is 13.9. The van der Waals surface area contributed by atoms with Gasteiger partial charge in [0.2, 0.25) is 11.9 Å². The third-order valence-electron chi connectivity index (χ3n) is 9.54. The van der Waals surface area contributed by atoms with Crippen LogP contribution < -0.4 is 10.2 Å². The maximum absolute atomic E-state index is 12.6. The van der Waals surface area contributed by atoms with Crippen molar-refractivity contribution in [2.75, 3.05) is 57.2 Å². The number of carbonyl (C=O) groups is 1. The normalized spacial score (nSPS) is 16.4. The van der Waals surface area contributed by atoms with Crippen molar-refractivity contribution in [3.05, 3.63) is 89.8 Å². The van der Waals surface area contributed by atoms with Gasteiger partial charge in [0.05, 0.1) is 25.1 Å². The zero-order valence-corrected chi connectivity index (χ0v) is 29.4. The minimum atomic E-state index is -0.485. The summed E-state index contributed by atoms with van der Waals surface area (Å²) in [6, 6.07) is 16.5. The van der Waals surface area contributed by atoms with Crippen LogP contribution in [0.4, 0.5) is 11.9 Å². The van der Waals surface area contributed by atoms with Gasteiger partial charge in [-0.1, -0.05) is 62.4 Å². The van der Waals surface area contributed by atoms with Crippen molar-refractivity contribution in [1.29, 1.82) is 0 Å². The van der Waals surface area contributed by atoms with Gasteiger partial charge in [0.25, 0.3) is 0 Å². The van der Waals surface area contributed by atoms with Gasteiger partial charge in [0, 0.05) is 68.2 Å². The number of anilines is 2. The monoisotopic (exact) mass is 674 g/mol. The van der Waals surface area contributed by atoms with Crippen LogP contribution in [0.25, 0.3) is 27.7 Å². The summed E-state index contributed by atoms with van der Waals surface area (Å²) in [7, 11) is 3.97. The molecule has 50 heavy (non-hydrogen) atoms. The van der Waals surface area contributed by atoms with Gasteiger partial charge in [-0.15, -0.1) is 0 Å². The molecule has 2 aliphatic heterocycles. The summed E-state index contributed by atoms with van der Waals surface area (Å²) in [6.07, 6.45) is 10.3. The Kier molecular flexibility index (Phi) is 9.89. The van der Waals surface area contributed by atoms with E-state index in [1.165, 1.54) is 0 Å². The Balaban J connectivity index is 1.16. The summed E-state index contributed by atoms with van der Waals surface area (Å²) in [5.74, 6) is 1.18. The van der Waals surface area contributed by atoms with Gasteiger partial charge in [0.1, 0.15) is 0 Å². The quantitative estimate of drug-likeness (QED) is 0.167. The molecule has 0 bridgehead atoms. The number of ether oxygens (including phenoxy) is 2. The van der Waals surface area contributed by atoms with Crippen molar-refractivity contribution < 1.29 is 14.3 Å². The molecule has 0 unspecified atom stereocenters. The fraction of sp³-hybridized carbons (Fsp3) is 0.410. The number of allylic oxidation sites excluding steroid dienone is 1. The van der Waals surface area contributed by atoms with Crippen molar-refractivity contribution in [2.24, 2.45) is 0 Å². The Morgan fingerprint density at radius 2 is 1.90 bits per heavy atom. The summed E-state index contributed by atoms with van der Waals surface area (Å²) in [6.45, 7) is 8.44. The smallest absolute Gasteiger partial charge is 0.230 e. The number of hydrogen-bond donors (Lipinski definition) is 1. The number of pyridine rings is 1. The summed E-state index contributed by atoms with van der Waals surface area (Å²) in [5, 5.41) is 10.4. The molecule has 260 valence electrons. The van der Waals surface area contributed by atoms with Crippen LogP contribution in [0.1, 0.15) is 55.7 Å². The largest absolute Gasteiger partial charge is 0.350 e. The van der Waals surface area contributed by atoms with Gasteiger partial charge >= 0.3 is 0 Å². The second-order valence-electron chi connectivity index (χ2n) is 13.8. The van der Waals surface area contributed by atoms with E-state index in [4.69, 9.17) is 29.5 Å². The molecule has 0 saturated carbocycles. The molecule has 1 N–H and O–H groups in total. The molecule has 0 radical (unpaired) electrons. The average molecular weight is 675 g/mol. The third-order valence-corrected chi connectivity index (χ3v) is 9.54. The van der Waals surface area contributed by atoms with E-state index in [0.29, 0.717) is 38.1 Å². The maximum Gasteiger partial charge on any atom is 0.230 e. The molecule has 3 aromatic heterocycles. The Morgan fingerprint density at radius 1 is 1.06 bits per heavy atom. The standard InChI is InChI=1S/C39H46N8O3/c1-27(2)34-26-42-47-36(34)43-38(46-19-8-15-39(16-20-46)49-21-22-50-39)44-37(47)41-25-30-9-5-6-11-32(30)35-33-13-12-28(23-29(33)14-17-40-35)24-31(48)10-7-18-45(3)4/h5-7,9-14,17,23,26-27H,8,15-16,18-22,24-25H2,1-4H3,(H,41,43,44)/b10-7+. The Bertz CT molecular complexity index is 2010. The van der Waals surface area contributed by atoms with Gasteiger partial charge in [-0.05, 0) is 55.1 Å². The maximum atomic E-state index is 12.6. The molecule has 2 aromatic carbocycles. The predicted octanol–water partition coefficient (Wildman–Crippen LogP) is 6.04. The second-order valence-corrected chi connectivity index (χ2v) is 13.8. The zero-order valence-electron chi connectivity index (χ0n) is 29.4. The Morgan fingerprint density at radius 3 is 2.72 bits per heavy atom. The molecule has 5 heterocycles. The van der Waals surface area contributed by atoms with Crippen molar-refractivity contribution >= 4 is 34.1 Å². The summed E-state index contributed by atoms with van der Waals surface area (Å²) in [5.41, 5.74) is 5.88. The van der Waals surface area contributed by atoms with E-state index < -0.39 is 5.79 Å². The van der Waals surface area contributed by atoms with E-state index in [0.717, 1.165) is 83.3 Å². The highest BCUT2D eigenvalue weighted by Crippen LogP contribution is 2.34. The van der Waals surface area contributed by atoms with Crippen molar-refractivity contribution in [1.82, 2.24) is 29.5 Å². The third kappa shape index (κ3) is 7.26. The van der Waals surface area contributed by atoms with Crippen molar-refractivity contribution in [3.63, 3.8) is 0 Å². The number of benzene rings is 2. The van der Waals surface area contributed by atoms with Crippen LogP contribution in [0, 0.1) is 0 Å². The number of likely N-dealkylation sites (N-methyl/N-ethyl adjacent to an activating group) is 1. The van der Waals surface area contributed by atoms with Crippen molar-refractivity contribution in [2.45, 2.75) is 57.8 Å². The highest BCUT2D eigenvalue weighted by molar-refractivity contribution is 5.97. The molecule has 5 aromatic rings. The summed E-state index contributed by atoms with van der Waals surface area (Å²) in [4.78, 5) is 31.8. The number of carbonyl (C=O) groups excluding carboxylic acids is 1. The van der Waals surface area contributed by atoms with Crippen LogP contribution in [-0.2, 0) is 27.2 Å². The predicted molar refractivity (Wildman–Crippen MR) is 196 cm³/mol. The molecule has 2 saturated heterocycles. The van der Waals surface area contributed by atoms with E-state index in [-0.39, 0.29) is 11.7 Å². The van der Waals surface area contributed by atoms with E-state index in [1.807, 2.05) is 66.2 Å². The number of aromatic nitrogens is 5. The number of ketones is 1. The molecule has 11 nitrogen and oxygen atoms in total. The Labute approximate surface area is 293 Å². The number of nitrogens with one attached hydrogen (secondary N) is 1. The highest BCUT2D eigenvalue weighted by atomic mass is 16.7. The minimum Gasteiger partial charge on any atom is -0.350 e. The molecule has 1 spiro atoms. The molecule has 0 aliphatic carbocycles. The van der Waals surface area contributed by atoms with Gasteiger partial charge in [0.15, 0.2) is 17.2 Å². The Hall–Kier alpha value is -4.71. The molecular weight excluding hydrogens is 628 g/mol. The van der Waals surface area contributed by atoms with E-state index in [2.05, 4.69) is 48.3 Å². The second kappa shape index (κ2) is 14.6. The number of fused-ring (bicyclic) bond motifs is 2. The van der Waals surface area contributed by atoms with Gasteiger partial charge in [-0.3, -0.25) is 9.78 Å². The van der Waals surface area contributed by atoms with E-state index >= 15 is 0 Å². The number of nitrogens with zero attached hydrogens (tertiary/aromatic N) is 7. The topological polar surface area (TPSA) is 110 Å². The van der Waals surface area contributed by atoms with E-state index in [1.54, 1.807) is 6.08 Å². The van der Waals surface area contributed by atoms with Gasteiger partial charge in [-0.2, -0.15) is 19.6 Å². The fourth-order valence-corrected chi connectivity index (χ4v) is 6.90. The highest BCUT2D eigenvalue weighted by Gasteiger charge is 2.38. The SMILES string of the molecule is CC(C)c1cnn2c(NCc3ccccc3-c3nccc4cc(CC(=O)/C=C/CN(C)C)ccc34)nc(N3CCCC4(CC3)OCCO4)nc12. The molecule has 2 aliphatic rings. The molecule has 0 atom stereocenters. The van der Waals surface area contributed by atoms with Crippen LogP contribution in [-0.4, -0.2) is 88.0 Å². The van der Waals surface area contributed by atoms with E-state index in [9.17, 15) is 4.79 Å². The first kappa shape index (κ1) is 33.8. The van der Waals surface area contributed by atoms with Gasteiger partial charge < -0.3 is 24.6 Å². The molecule has 11 heteroatoms. The lowest BCUT2D eigenvalue weighted by Crippen LogP contribution is -2.33. The number of hydrogen-bond acceptors (Lipinski definition) is 10. The molecule has 2 fully saturated rings. The first-order valence-corrected chi connectivity index (χ1v) is 17.6. The first-order chi connectivity index (χ1) is 24.3. The lowest BCUT2D eigenvalue weighted by atomic mass is 9.97. The average Bonchev–Trinajstić information content (AvgIpc) is 3.70. The zero-order chi connectivity index (χ0) is 34.7. The minimum absolute atomic E-state index is 0.0909. The van der Waals surface area contributed by atoms with Crippen LogP contribution >= 0.6 is 0 Å². The number of rotatable bonds is 11. The van der Waals surface area contributed by atoms with Crippen LogP contribution in [0.5, 0.6) is 0 Å².